The van der Waals surface area contributed by atoms with Crippen LogP contribution in [0.25, 0.3) is 0 Å². The second-order valence-electron chi connectivity index (χ2n) is 4.07. The van der Waals surface area contributed by atoms with Gasteiger partial charge in [0.1, 0.15) is 17.3 Å². The van der Waals surface area contributed by atoms with E-state index in [1.807, 2.05) is 0 Å². The Balaban J connectivity index is 2.36. The van der Waals surface area contributed by atoms with Gasteiger partial charge < -0.3 is 9.84 Å². The first kappa shape index (κ1) is 14.8. The molecule has 2 rings (SSSR count). The van der Waals surface area contributed by atoms with Gasteiger partial charge in [0.25, 0.3) is 0 Å². The Morgan fingerprint density at radius 3 is 2.10 bits per heavy atom. The summed E-state index contributed by atoms with van der Waals surface area (Å²) in [7, 11) is 0. The lowest BCUT2D eigenvalue weighted by Gasteiger charge is -2.12. The first-order valence-electron chi connectivity index (χ1n) is 5.65. The van der Waals surface area contributed by atoms with E-state index in [1.54, 1.807) is 0 Å². The molecule has 0 amide bonds. The zero-order chi connectivity index (χ0) is 15.6. The normalized spacial score (nSPS) is 11.2. The number of carboxylic acids is 1. The van der Waals surface area contributed by atoms with Crippen molar-refractivity contribution >= 4 is 5.97 Å². The first-order chi connectivity index (χ1) is 9.77. The van der Waals surface area contributed by atoms with Crippen molar-refractivity contribution in [3.8, 4) is 11.5 Å². The number of rotatable bonds is 3. The summed E-state index contributed by atoms with van der Waals surface area (Å²) in [6.07, 6.45) is -4.78. The van der Waals surface area contributed by atoms with E-state index in [-0.39, 0.29) is 11.5 Å². The van der Waals surface area contributed by atoms with E-state index >= 15 is 0 Å². The van der Waals surface area contributed by atoms with Gasteiger partial charge in [0.15, 0.2) is 0 Å². The molecule has 3 nitrogen and oxygen atoms in total. The van der Waals surface area contributed by atoms with Gasteiger partial charge in [0, 0.05) is 0 Å². The highest BCUT2D eigenvalue weighted by Gasteiger charge is 2.35. The maximum atomic E-state index is 12.7. The second-order valence-corrected chi connectivity index (χ2v) is 4.07. The van der Waals surface area contributed by atoms with E-state index in [1.165, 1.54) is 12.1 Å². The van der Waals surface area contributed by atoms with Crippen LogP contribution in [0.1, 0.15) is 15.9 Å². The quantitative estimate of drug-likeness (QED) is 0.858. The van der Waals surface area contributed by atoms with Crippen molar-refractivity contribution in [2.45, 2.75) is 6.18 Å². The molecule has 0 bridgehead atoms. The van der Waals surface area contributed by atoms with Crippen molar-refractivity contribution in [2.24, 2.45) is 0 Å². The van der Waals surface area contributed by atoms with Crippen LogP contribution in [0, 0.1) is 5.82 Å². The van der Waals surface area contributed by atoms with Gasteiger partial charge in [-0.3, -0.25) is 0 Å². The van der Waals surface area contributed by atoms with Gasteiger partial charge in [-0.2, -0.15) is 13.2 Å². The average molecular weight is 300 g/mol. The molecule has 0 heterocycles. The van der Waals surface area contributed by atoms with Crippen LogP contribution in [0.5, 0.6) is 11.5 Å². The van der Waals surface area contributed by atoms with Crippen LogP contribution in [0.2, 0.25) is 0 Å². The van der Waals surface area contributed by atoms with Crippen LogP contribution >= 0.6 is 0 Å². The second kappa shape index (κ2) is 5.43. The molecule has 0 fully saturated rings. The maximum absolute atomic E-state index is 12.7. The van der Waals surface area contributed by atoms with E-state index in [9.17, 15) is 22.4 Å². The smallest absolute Gasteiger partial charge is 0.417 e. The van der Waals surface area contributed by atoms with Crippen molar-refractivity contribution in [1.29, 1.82) is 0 Å². The third kappa shape index (κ3) is 3.50. The minimum Gasteiger partial charge on any atom is -0.478 e. The minimum atomic E-state index is -4.78. The summed E-state index contributed by atoms with van der Waals surface area (Å²) in [5.41, 5.74) is -2.18. The summed E-state index contributed by atoms with van der Waals surface area (Å²) in [6.45, 7) is 0. The average Bonchev–Trinajstić information content (AvgIpc) is 2.40. The van der Waals surface area contributed by atoms with Crippen molar-refractivity contribution in [3.05, 3.63) is 59.4 Å². The van der Waals surface area contributed by atoms with E-state index in [0.717, 1.165) is 24.3 Å². The molecule has 0 spiro atoms. The van der Waals surface area contributed by atoms with Gasteiger partial charge >= 0.3 is 12.1 Å². The summed E-state index contributed by atoms with van der Waals surface area (Å²) in [5.74, 6) is -2.13. The lowest BCUT2D eigenvalue weighted by molar-refractivity contribution is -0.138. The van der Waals surface area contributed by atoms with Crippen LogP contribution in [-0.2, 0) is 6.18 Å². The summed E-state index contributed by atoms with van der Waals surface area (Å²) in [4.78, 5) is 10.9. The summed E-state index contributed by atoms with van der Waals surface area (Å²) in [6, 6.07) is 7.16. The van der Waals surface area contributed by atoms with Crippen molar-refractivity contribution in [1.82, 2.24) is 0 Å². The van der Waals surface area contributed by atoms with E-state index in [4.69, 9.17) is 9.84 Å². The van der Waals surface area contributed by atoms with Crippen LogP contribution in [-0.4, -0.2) is 11.1 Å². The number of hydrogen-bond acceptors (Lipinski definition) is 2. The van der Waals surface area contributed by atoms with Gasteiger partial charge in [-0.05, 0) is 42.5 Å². The fraction of sp³-hybridized carbons (Fsp3) is 0.0714. The van der Waals surface area contributed by atoms with Crippen LogP contribution in [0.15, 0.2) is 42.5 Å². The van der Waals surface area contributed by atoms with Crippen LogP contribution in [0.4, 0.5) is 17.6 Å². The molecule has 0 radical (unpaired) electrons. The number of alkyl halides is 3. The van der Waals surface area contributed by atoms with Gasteiger partial charge in [0.2, 0.25) is 0 Å². The molecule has 0 aliphatic carbocycles. The molecular weight excluding hydrogens is 292 g/mol. The fourth-order valence-electron chi connectivity index (χ4n) is 1.65. The molecule has 0 saturated carbocycles. The molecule has 1 N–H and O–H groups in total. The molecular formula is C14H8F4O3. The largest absolute Gasteiger partial charge is 0.478 e. The standard InChI is InChI=1S/C14H8F4O3/c15-8-1-3-9(4-2-8)21-10-5-6-12(14(16,17)18)11(7-10)13(19)20/h1-7H,(H,19,20). The predicted octanol–water partition coefficient (Wildman–Crippen LogP) is 4.34. The predicted molar refractivity (Wildman–Crippen MR) is 64.9 cm³/mol. The zero-order valence-corrected chi connectivity index (χ0v) is 10.3. The van der Waals surface area contributed by atoms with Crippen LogP contribution in [0.3, 0.4) is 0 Å². The summed E-state index contributed by atoms with van der Waals surface area (Å²) < 4.78 is 55.9. The Kier molecular flexibility index (Phi) is 3.84. The van der Waals surface area contributed by atoms with E-state index in [2.05, 4.69) is 0 Å². The molecule has 21 heavy (non-hydrogen) atoms. The van der Waals surface area contributed by atoms with Crippen molar-refractivity contribution < 1.29 is 32.2 Å². The number of carboxylic acid groups (broad SMARTS) is 1. The molecule has 0 aliphatic rings. The Bertz CT molecular complexity index is 663. The Labute approximate surface area is 116 Å². The highest BCUT2D eigenvalue weighted by atomic mass is 19.4. The molecule has 2 aromatic carbocycles. The molecule has 0 atom stereocenters. The molecule has 0 saturated heterocycles. The van der Waals surface area contributed by atoms with E-state index < -0.39 is 29.1 Å². The highest BCUT2D eigenvalue weighted by molar-refractivity contribution is 5.90. The van der Waals surface area contributed by atoms with Gasteiger partial charge in [-0.25, -0.2) is 9.18 Å². The number of hydrogen-bond donors (Lipinski definition) is 1. The maximum Gasteiger partial charge on any atom is 0.417 e. The SMILES string of the molecule is O=C(O)c1cc(Oc2ccc(F)cc2)ccc1C(F)(F)F. The molecule has 2 aromatic rings. The molecule has 0 aliphatic heterocycles. The zero-order valence-electron chi connectivity index (χ0n) is 10.3. The van der Waals surface area contributed by atoms with Gasteiger partial charge in [0.05, 0.1) is 11.1 Å². The number of ether oxygens (including phenoxy) is 1. The Hall–Kier alpha value is -2.57. The summed E-state index contributed by atoms with van der Waals surface area (Å²) in [5, 5.41) is 8.85. The van der Waals surface area contributed by atoms with Crippen molar-refractivity contribution in [3.63, 3.8) is 0 Å². The number of carbonyl (C=O) groups is 1. The molecule has 7 heteroatoms. The van der Waals surface area contributed by atoms with Crippen LogP contribution < -0.4 is 4.74 Å². The topological polar surface area (TPSA) is 46.5 Å². The monoisotopic (exact) mass is 300 g/mol. The Morgan fingerprint density at radius 1 is 1.00 bits per heavy atom. The van der Waals surface area contributed by atoms with Gasteiger partial charge in [-0.15, -0.1) is 0 Å². The molecule has 0 unspecified atom stereocenters. The Morgan fingerprint density at radius 2 is 1.57 bits per heavy atom. The third-order valence-corrected chi connectivity index (χ3v) is 2.58. The van der Waals surface area contributed by atoms with Crippen molar-refractivity contribution in [2.75, 3.05) is 0 Å². The molecule has 0 aromatic heterocycles. The first-order valence-corrected chi connectivity index (χ1v) is 5.65. The highest BCUT2D eigenvalue weighted by Crippen LogP contribution is 2.34. The number of benzene rings is 2. The lowest BCUT2D eigenvalue weighted by atomic mass is 10.1. The summed E-state index contributed by atoms with van der Waals surface area (Å²) >= 11 is 0. The minimum absolute atomic E-state index is 0.0907. The third-order valence-electron chi connectivity index (χ3n) is 2.58. The van der Waals surface area contributed by atoms with E-state index in [0.29, 0.717) is 6.07 Å². The lowest BCUT2D eigenvalue weighted by Crippen LogP contribution is -2.12. The number of aromatic carboxylic acids is 1. The fourth-order valence-corrected chi connectivity index (χ4v) is 1.65. The number of halogens is 4. The molecule has 110 valence electrons. The van der Waals surface area contributed by atoms with Gasteiger partial charge in [-0.1, -0.05) is 0 Å².